The molecule has 1 saturated heterocycles. The zero-order chi connectivity index (χ0) is 14.7. The molecule has 2 aliphatic rings. The zero-order valence-corrected chi connectivity index (χ0v) is 12.0. The average Bonchev–Trinajstić information content (AvgIpc) is 2.68. The van der Waals surface area contributed by atoms with Crippen LogP contribution in [-0.4, -0.2) is 29.3 Å². The molecule has 2 unspecified atom stereocenters. The molecule has 110 valence electrons. The third-order valence-corrected chi connectivity index (χ3v) is 4.23. The van der Waals surface area contributed by atoms with Gasteiger partial charge in [0.05, 0.1) is 0 Å². The molecule has 1 aromatic carbocycles. The van der Waals surface area contributed by atoms with Crippen molar-refractivity contribution >= 4 is 11.8 Å². The second-order valence-corrected chi connectivity index (χ2v) is 5.63. The largest absolute Gasteiger partial charge is 0.340 e. The Hall–Kier alpha value is -2.10. The highest BCUT2D eigenvalue weighted by atomic mass is 16.2. The average molecular weight is 284 g/mol. The summed E-state index contributed by atoms with van der Waals surface area (Å²) in [6.07, 6.45) is 7.57. The molecule has 1 aromatic rings. The molecule has 2 amide bonds. The van der Waals surface area contributed by atoms with Gasteiger partial charge in [0.1, 0.15) is 6.04 Å². The van der Waals surface area contributed by atoms with Crippen molar-refractivity contribution in [2.24, 2.45) is 0 Å². The fraction of sp³-hybridized carbons (Fsp3) is 0.412. The lowest BCUT2D eigenvalue weighted by atomic mass is 9.98. The summed E-state index contributed by atoms with van der Waals surface area (Å²) >= 11 is 0. The summed E-state index contributed by atoms with van der Waals surface area (Å²) in [5, 5.41) is 2.87. The SMILES string of the molecule is O=C1CCN(C2CC=CCC2)C(=O)C(c2ccccc2)N1. The number of nitrogens with zero attached hydrogens (tertiary/aromatic N) is 1. The van der Waals surface area contributed by atoms with Crippen molar-refractivity contribution in [3.05, 3.63) is 48.0 Å². The normalized spacial score (nSPS) is 26.4. The highest BCUT2D eigenvalue weighted by Gasteiger charge is 2.34. The topological polar surface area (TPSA) is 49.4 Å². The maximum atomic E-state index is 12.9. The number of carbonyl (C=O) groups excluding carboxylic acids is 2. The van der Waals surface area contributed by atoms with Gasteiger partial charge >= 0.3 is 0 Å². The third-order valence-electron chi connectivity index (χ3n) is 4.23. The molecule has 0 spiro atoms. The molecular formula is C17H20N2O2. The van der Waals surface area contributed by atoms with Gasteiger partial charge in [-0.05, 0) is 24.8 Å². The molecule has 4 nitrogen and oxygen atoms in total. The van der Waals surface area contributed by atoms with Crippen LogP contribution in [0.3, 0.4) is 0 Å². The Labute approximate surface area is 124 Å². The first-order chi connectivity index (χ1) is 10.3. The first-order valence-corrected chi connectivity index (χ1v) is 7.55. The Balaban J connectivity index is 1.87. The molecule has 2 atom stereocenters. The predicted molar refractivity (Wildman–Crippen MR) is 80.4 cm³/mol. The number of amides is 2. The summed E-state index contributed by atoms with van der Waals surface area (Å²) in [6, 6.07) is 9.17. The van der Waals surface area contributed by atoms with Gasteiger partial charge in [-0.15, -0.1) is 0 Å². The first-order valence-electron chi connectivity index (χ1n) is 7.55. The number of carbonyl (C=O) groups is 2. The van der Waals surface area contributed by atoms with Gasteiger partial charge in [0.25, 0.3) is 0 Å². The van der Waals surface area contributed by atoms with E-state index in [1.807, 2.05) is 35.2 Å². The van der Waals surface area contributed by atoms with Crippen LogP contribution in [0.4, 0.5) is 0 Å². The molecule has 1 heterocycles. The van der Waals surface area contributed by atoms with Crippen LogP contribution in [0.15, 0.2) is 42.5 Å². The van der Waals surface area contributed by atoms with E-state index in [0.29, 0.717) is 13.0 Å². The maximum absolute atomic E-state index is 12.9. The van der Waals surface area contributed by atoms with Gasteiger partial charge in [0.2, 0.25) is 11.8 Å². The molecule has 0 aromatic heterocycles. The zero-order valence-electron chi connectivity index (χ0n) is 12.0. The summed E-state index contributed by atoms with van der Waals surface area (Å²) in [7, 11) is 0. The van der Waals surface area contributed by atoms with Crippen molar-refractivity contribution in [3.8, 4) is 0 Å². The van der Waals surface area contributed by atoms with E-state index in [1.165, 1.54) is 0 Å². The Morgan fingerprint density at radius 2 is 1.90 bits per heavy atom. The number of hydrogen-bond acceptors (Lipinski definition) is 2. The summed E-state index contributed by atoms with van der Waals surface area (Å²) in [6.45, 7) is 0.520. The minimum Gasteiger partial charge on any atom is -0.340 e. The van der Waals surface area contributed by atoms with Crippen LogP contribution in [0.2, 0.25) is 0 Å². The third kappa shape index (κ3) is 2.99. The smallest absolute Gasteiger partial charge is 0.250 e. The van der Waals surface area contributed by atoms with E-state index in [1.54, 1.807) is 0 Å². The molecule has 0 radical (unpaired) electrons. The molecule has 3 rings (SSSR count). The number of allylic oxidation sites excluding steroid dienone is 1. The Morgan fingerprint density at radius 3 is 2.62 bits per heavy atom. The molecule has 1 fully saturated rings. The van der Waals surface area contributed by atoms with Crippen LogP contribution in [0.5, 0.6) is 0 Å². The van der Waals surface area contributed by atoms with E-state index in [9.17, 15) is 9.59 Å². The molecule has 1 aliphatic carbocycles. The molecular weight excluding hydrogens is 264 g/mol. The highest BCUT2D eigenvalue weighted by molar-refractivity contribution is 5.91. The van der Waals surface area contributed by atoms with Crippen LogP contribution in [0, 0.1) is 0 Å². The van der Waals surface area contributed by atoms with Crippen LogP contribution in [0.1, 0.15) is 37.3 Å². The molecule has 4 heteroatoms. The van der Waals surface area contributed by atoms with Gasteiger partial charge in [0, 0.05) is 19.0 Å². The second-order valence-electron chi connectivity index (χ2n) is 5.63. The van der Waals surface area contributed by atoms with E-state index in [2.05, 4.69) is 17.5 Å². The summed E-state index contributed by atoms with van der Waals surface area (Å²) < 4.78 is 0. The maximum Gasteiger partial charge on any atom is 0.250 e. The monoisotopic (exact) mass is 284 g/mol. The Bertz CT molecular complexity index is 553. The standard InChI is InChI=1S/C17H20N2O2/c20-15-11-12-19(14-9-5-2-6-10-14)17(21)16(18-15)13-7-3-1-4-8-13/h1-5,7-8,14,16H,6,9-12H2,(H,18,20). The van der Waals surface area contributed by atoms with Crippen LogP contribution in [0.25, 0.3) is 0 Å². The van der Waals surface area contributed by atoms with Crippen molar-refractivity contribution < 1.29 is 9.59 Å². The lowest BCUT2D eigenvalue weighted by molar-refractivity contribution is -0.135. The number of hydrogen-bond donors (Lipinski definition) is 1. The fourth-order valence-corrected chi connectivity index (χ4v) is 3.09. The van der Waals surface area contributed by atoms with Crippen LogP contribution >= 0.6 is 0 Å². The van der Waals surface area contributed by atoms with E-state index < -0.39 is 6.04 Å². The van der Waals surface area contributed by atoms with Crippen molar-refractivity contribution in [3.63, 3.8) is 0 Å². The second kappa shape index (κ2) is 6.12. The van der Waals surface area contributed by atoms with Gasteiger partial charge in [-0.1, -0.05) is 42.5 Å². The minimum atomic E-state index is -0.549. The predicted octanol–water partition coefficient (Wildman–Crippen LogP) is 2.18. The summed E-state index contributed by atoms with van der Waals surface area (Å²) in [5.74, 6) is -0.0293. The van der Waals surface area contributed by atoms with Crippen molar-refractivity contribution in [2.75, 3.05) is 6.54 Å². The molecule has 21 heavy (non-hydrogen) atoms. The van der Waals surface area contributed by atoms with Crippen molar-refractivity contribution in [1.29, 1.82) is 0 Å². The van der Waals surface area contributed by atoms with E-state index in [4.69, 9.17) is 0 Å². The minimum absolute atomic E-state index is 0.0207. The van der Waals surface area contributed by atoms with Crippen molar-refractivity contribution in [1.82, 2.24) is 10.2 Å². The summed E-state index contributed by atoms with van der Waals surface area (Å²) in [4.78, 5) is 26.7. The number of nitrogens with one attached hydrogen (secondary N) is 1. The summed E-state index contributed by atoms with van der Waals surface area (Å²) in [5.41, 5.74) is 0.856. The van der Waals surface area contributed by atoms with Gasteiger partial charge in [-0.2, -0.15) is 0 Å². The van der Waals surface area contributed by atoms with Gasteiger partial charge in [-0.3, -0.25) is 9.59 Å². The highest BCUT2D eigenvalue weighted by Crippen LogP contribution is 2.25. The first kappa shape index (κ1) is 13.9. The molecule has 0 saturated carbocycles. The molecule has 1 aliphatic heterocycles. The van der Waals surface area contributed by atoms with Crippen LogP contribution in [-0.2, 0) is 9.59 Å². The lowest BCUT2D eigenvalue weighted by Crippen LogP contribution is -2.44. The molecule has 1 N–H and O–H groups in total. The fourth-order valence-electron chi connectivity index (χ4n) is 3.09. The Kier molecular flexibility index (Phi) is 4.04. The van der Waals surface area contributed by atoms with Gasteiger partial charge in [-0.25, -0.2) is 0 Å². The van der Waals surface area contributed by atoms with Crippen molar-refractivity contribution in [2.45, 2.75) is 37.8 Å². The van der Waals surface area contributed by atoms with E-state index in [-0.39, 0.29) is 17.9 Å². The quantitative estimate of drug-likeness (QED) is 0.846. The van der Waals surface area contributed by atoms with Gasteiger partial charge in [0.15, 0.2) is 0 Å². The lowest BCUT2D eigenvalue weighted by Gasteiger charge is -2.33. The number of benzene rings is 1. The number of rotatable bonds is 2. The van der Waals surface area contributed by atoms with E-state index >= 15 is 0 Å². The van der Waals surface area contributed by atoms with Gasteiger partial charge < -0.3 is 10.2 Å². The molecule has 0 bridgehead atoms. The van der Waals surface area contributed by atoms with E-state index in [0.717, 1.165) is 24.8 Å². The Morgan fingerprint density at radius 1 is 1.10 bits per heavy atom. The van der Waals surface area contributed by atoms with Crippen LogP contribution < -0.4 is 5.32 Å².